The average molecular weight is 553 g/mol. The Kier molecular flexibility index (Phi) is 8.98. The third kappa shape index (κ3) is 6.56. The number of hydrogen-bond donors (Lipinski definition) is 1. The summed E-state index contributed by atoms with van der Waals surface area (Å²) in [5, 5.41) is 9.76. The molecular weight excluding hydrogens is 520 g/mol. The minimum absolute atomic E-state index is 0.323. The minimum Gasteiger partial charge on any atom is -0.486 e. The third-order valence-electron chi connectivity index (χ3n) is 6.85. The van der Waals surface area contributed by atoms with E-state index in [1.165, 1.54) is 6.08 Å². The van der Waals surface area contributed by atoms with Crippen LogP contribution in [0.2, 0.25) is 0 Å². The molecule has 204 valence electrons. The summed E-state index contributed by atoms with van der Waals surface area (Å²) in [4.78, 5) is 20.8. The normalized spacial score (nSPS) is 14.6. The highest BCUT2D eigenvalue weighted by atomic mass is 35.5. The molecule has 6 nitrogen and oxygen atoms in total. The van der Waals surface area contributed by atoms with E-state index in [1.807, 2.05) is 34.3 Å². The van der Waals surface area contributed by atoms with Crippen LogP contribution in [0.3, 0.4) is 0 Å². The van der Waals surface area contributed by atoms with Crippen LogP contribution in [0.5, 0.6) is 0 Å². The number of carbonyl (C=O) groups is 1. The fourth-order valence-corrected chi connectivity index (χ4v) is 4.94. The van der Waals surface area contributed by atoms with Gasteiger partial charge in [0.1, 0.15) is 0 Å². The van der Waals surface area contributed by atoms with Crippen LogP contribution in [-0.4, -0.2) is 39.3 Å². The topological polar surface area (TPSA) is 51.4 Å². The number of rotatable bonds is 8. The van der Waals surface area contributed by atoms with Crippen molar-refractivity contribution in [3.8, 4) is 0 Å². The molecule has 3 aromatic rings. The van der Waals surface area contributed by atoms with Crippen molar-refractivity contribution in [1.29, 1.82) is 0 Å². The predicted octanol–water partition coefficient (Wildman–Crippen LogP) is 8.24. The lowest BCUT2D eigenvalue weighted by atomic mass is 9.93. The van der Waals surface area contributed by atoms with Crippen molar-refractivity contribution in [3.63, 3.8) is 0 Å². The van der Waals surface area contributed by atoms with E-state index in [1.54, 1.807) is 0 Å². The fourth-order valence-electron chi connectivity index (χ4n) is 4.64. The number of carboxylic acids is 1. The number of anilines is 5. The molecule has 40 heavy (non-hydrogen) atoms. The van der Waals surface area contributed by atoms with E-state index in [9.17, 15) is 9.90 Å². The van der Waals surface area contributed by atoms with Crippen molar-refractivity contribution < 1.29 is 9.90 Å². The lowest BCUT2D eigenvalue weighted by Crippen LogP contribution is -2.12. The van der Waals surface area contributed by atoms with Gasteiger partial charge in [-0.1, -0.05) is 29.8 Å². The van der Waals surface area contributed by atoms with Crippen LogP contribution < -0.4 is 14.7 Å². The summed E-state index contributed by atoms with van der Waals surface area (Å²) in [7, 11) is 8.12. The van der Waals surface area contributed by atoms with Crippen molar-refractivity contribution in [2.75, 3.05) is 42.9 Å². The number of nitrogens with zero attached hydrogens (tertiary/aromatic N) is 4. The molecule has 1 aliphatic carbocycles. The fraction of sp³-hybridized carbons (Fsp3) is 0.212. The highest BCUT2D eigenvalue weighted by Crippen LogP contribution is 2.38. The van der Waals surface area contributed by atoms with E-state index in [4.69, 9.17) is 18.2 Å². The van der Waals surface area contributed by atoms with E-state index in [2.05, 4.69) is 92.3 Å². The molecule has 0 spiro atoms. The number of allylic oxidation sites excluding steroid dienone is 4. The summed E-state index contributed by atoms with van der Waals surface area (Å²) in [6.07, 6.45) is 5.72. The van der Waals surface area contributed by atoms with Crippen molar-refractivity contribution >= 4 is 52.1 Å². The Morgan fingerprint density at radius 3 is 1.68 bits per heavy atom. The molecule has 7 heteroatoms. The van der Waals surface area contributed by atoms with Gasteiger partial charge in [-0.05, 0) is 103 Å². The van der Waals surface area contributed by atoms with Crippen molar-refractivity contribution in [2.24, 2.45) is 0 Å². The van der Waals surface area contributed by atoms with Gasteiger partial charge in [0.25, 0.3) is 5.70 Å². The molecule has 0 saturated heterocycles. The molecule has 0 radical (unpaired) electrons. The summed E-state index contributed by atoms with van der Waals surface area (Å²) in [6, 6.07) is 25.3. The van der Waals surface area contributed by atoms with Crippen molar-refractivity contribution in [2.45, 2.75) is 19.3 Å². The molecule has 0 atom stereocenters. The van der Waals surface area contributed by atoms with Crippen molar-refractivity contribution in [1.82, 2.24) is 0 Å². The summed E-state index contributed by atoms with van der Waals surface area (Å²) in [6.45, 7) is 7.13. The van der Waals surface area contributed by atoms with Gasteiger partial charge < -0.3 is 19.8 Å². The summed E-state index contributed by atoms with van der Waals surface area (Å²) in [5.41, 5.74) is 7.70. The Labute approximate surface area is 241 Å². The van der Waals surface area contributed by atoms with E-state index >= 15 is 0 Å². The van der Waals surface area contributed by atoms with Crippen LogP contribution in [0, 0.1) is 6.57 Å². The van der Waals surface area contributed by atoms with Crippen LogP contribution in [0.25, 0.3) is 10.9 Å². The summed E-state index contributed by atoms with van der Waals surface area (Å²) in [5.74, 6) is -1.24. The van der Waals surface area contributed by atoms with Gasteiger partial charge in [-0.3, -0.25) is 4.79 Å². The quantitative estimate of drug-likeness (QED) is 0.225. The van der Waals surface area contributed by atoms with Crippen LogP contribution in [0.15, 0.2) is 101 Å². The van der Waals surface area contributed by atoms with Gasteiger partial charge in [-0.2, -0.15) is 0 Å². The molecule has 4 rings (SSSR count). The van der Waals surface area contributed by atoms with E-state index in [0.717, 1.165) is 52.4 Å². The van der Waals surface area contributed by atoms with E-state index in [-0.39, 0.29) is 5.70 Å². The second-order valence-electron chi connectivity index (χ2n) is 10.1. The molecule has 0 amide bonds. The van der Waals surface area contributed by atoms with Crippen LogP contribution >= 0.6 is 11.6 Å². The molecule has 0 bridgehead atoms. The van der Waals surface area contributed by atoms with Gasteiger partial charge in [0, 0.05) is 61.7 Å². The van der Waals surface area contributed by atoms with Crippen LogP contribution in [-0.2, 0) is 4.79 Å². The Balaban J connectivity index is 1.69. The standard InChI is InChI=1S/C33H33ClN4O2/c1-35-31(33(39)40)22-25-8-6-7-24(32(25)34)21-23-9-11-28(12-10-23)38(29-17-13-26(14-18-29)36(2)3)30-19-15-27(16-20-30)37(4)5/h9-22H,6-8H2,2-5H3,(H,39,40). The zero-order valence-electron chi connectivity index (χ0n) is 23.2. The molecule has 0 heterocycles. The lowest BCUT2D eigenvalue weighted by Gasteiger charge is -2.27. The first-order valence-electron chi connectivity index (χ1n) is 13.0. The maximum Gasteiger partial charge on any atom is 0.333 e. The predicted molar refractivity (Wildman–Crippen MR) is 167 cm³/mol. The highest BCUT2D eigenvalue weighted by Gasteiger charge is 2.18. The monoisotopic (exact) mass is 552 g/mol. The minimum atomic E-state index is -1.24. The molecule has 1 N–H and O–H groups in total. The summed E-state index contributed by atoms with van der Waals surface area (Å²) < 4.78 is 0. The number of carboxylic acid groups (broad SMARTS) is 1. The Morgan fingerprint density at radius 2 is 1.25 bits per heavy atom. The zero-order valence-corrected chi connectivity index (χ0v) is 24.0. The lowest BCUT2D eigenvalue weighted by molar-refractivity contribution is -0.132. The van der Waals surface area contributed by atoms with Crippen molar-refractivity contribution in [3.05, 3.63) is 118 Å². The number of aliphatic carboxylic acids is 1. The molecular formula is C33H33ClN4O2. The molecule has 3 aromatic carbocycles. The van der Waals surface area contributed by atoms with Gasteiger partial charge in [-0.25, -0.2) is 4.85 Å². The largest absolute Gasteiger partial charge is 0.486 e. The second-order valence-corrected chi connectivity index (χ2v) is 10.4. The maximum atomic E-state index is 11.3. The SMILES string of the molecule is [C-]#[N+]C(=CC1=C(Cl)C(=Cc2ccc(N(c3ccc(N(C)C)cc3)c3ccc(N(C)C)cc3)cc2)CCC1)C(=O)O. The molecule has 0 saturated carbocycles. The number of hydrogen-bond acceptors (Lipinski definition) is 4. The Morgan fingerprint density at radius 1 is 0.800 bits per heavy atom. The van der Waals surface area contributed by atoms with E-state index < -0.39 is 5.97 Å². The highest BCUT2D eigenvalue weighted by molar-refractivity contribution is 6.33. The Bertz CT molecular complexity index is 1440. The van der Waals surface area contributed by atoms with Gasteiger partial charge in [0.05, 0.1) is 6.57 Å². The first kappa shape index (κ1) is 28.5. The smallest absolute Gasteiger partial charge is 0.333 e. The molecule has 0 aliphatic heterocycles. The van der Waals surface area contributed by atoms with Gasteiger partial charge >= 0.3 is 5.97 Å². The first-order chi connectivity index (χ1) is 19.2. The van der Waals surface area contributed by atoms with Crippen LogP contribution in [0.4, 0.5) is 28.4 Å². The van der Waals surface area contributed by atoms with Gasteiger partial charge in [-0.15, -0.1) is 0 Å². The van der Waals surface area contributed by atoms with Gasteiger partial charge in [0.15, 0.2) is 0 Å². The third-order valence-corrected chi connectivity index (χ3v) is 7.33. The number of halogens is 1. The zero-order chi connectivity index (χ0) is 28.8. The van der Waals surface area contributed by atoms with E-state index in [0.29, 0.717) is 17.0 Å². The number of benzene rings is 3. The van der Waals surface area contributed by atoms with Gasteiger partial charge in [0.2, 0.25) is 0 Å². The maximum absolute atomic E-state index is 11.3. The van der Waals surface area contributed by atoms with Crippen LogP contribution in [0.1, 0.15) is 24.8 Å². The first-order valence-corrected chi connectivity index (χ1v) is 13.4. The molecule has 1 aliphatic rings. The second kappa shape index (κ2) is 12.6. The Hall–Kier alpha value is -4.47. The summed E-state index contributed by atoms with van der Waals surface area (Å²) >= 11 is 6.67. The average Bonchev–Trinajstić information content (AvgIpc) is 2.95. The molecule has 0 fully saturated rings. The molecule has 0 unspecified atom stereocenters. The molecule has 0 aromatic heterocycles.